The summed E-state index contributed by atoms with van der Waals surface area (Å²) >= 11 is 11.2. The van der Waals surface area contributed by atoms with Crippen molar-refractivity contribution >= 4 is 30.0 Å². The van der Waals surface area contributed by atoms with E-state index in [2.05, 4.69) is 41.3 Å². The van der Waals surface area contributed by atoms with Crippen molar-refractivity contribution in [3.63, 3.8) is 0 Å². The minimum atomic E-state index is 0.440. The number of halogens is 1. The van der Waals surface area contributed by atoms with Gasteiger partial charge in [-0.15, -0.1) is 0 Å². The number of hydrogen-bond acceptors (Lipinski definition) is 3. The first kappa shape index (κ1) is 16.6. The minimum absolute atomic E-state index is 0.440. The van der Waals surface area contributed by atoms with Crippen LogP contribution in [0.15, 0.2) is 53.6 Å². The van der Waals surface area contributed by atoms with E-state index in [0.29, 0.717) is 21.5 Å². The second kappa shape index (κ2) is 7.11. The highest BCUT2D eigenvalue weighted by atomic mass is 35.5. The highest BCUT2D eigenvalue weighted by Crippen LogP contribution is 2.20. The molecule has 1 heterocycles. The Kier molecular flexibility index (Phi) is 4.92. The molecule has 0 saturated heterocycles. The van der Waals surface area contributed by atoms with Gasteiger partial charge in [0, 0.05) is 10.6 Å². The Hall–Kier alpha value is -2.24. The van der Waals surface area contributed by atoms with Crippen molar-refractivity contribution in [2.24, 2.45) is 5.10 Å². The fraction of sp³-hybridized carbons (Fsp3) is 0.167. The highest BCUT2D eigenvalue weighted by Gasteiger charge is 2.07. The maximum absolute atomic E-state index is 5.94. The third-order valence-electron chi connectivity index (χ3n) is 3.68. The molecule has 0 radical (unpaired) electrons. The number of H-pyrrole nitrogens is 1. The summed E-state index contributed by atoms with van der Waals surface area (Å²) in [4.78, 5) is 0. The first-order valence-corrected chi connectivity index (χ1v) is 8.41. The maximum Gasteiger partial charge on any atom is 0.216 e. The van der Waals surface area contributed by atoms with E-state index in [1.54, 1.807) is 10.9 Å². The van der Waals surface area contributed by atoms with Crippen LogP contribution < -0.4 is 0 Å². The van der Waals surface area contributed by atoms with Crippen molar-refractivity contribution < 1.29 is 0 Å². The molecule has 1 N–H and O–H groups in total. The van der Waals surface area contributed by atoms with Crippen molar-refractivity contribution in [1.29, 1.82) is 0 Å². The summed E-state index contributed by atoms with van der Waals surface area (Å²) in [5.41, 5.74) is 3.19. The van der Waals surface area contributed by atoms with Crippen LogP contribution in [0.3, 0.4) is 0 Å². The summed E-state index contributed by atoms with van der Waals surface area (Å²) in [6.07, 6.45) is 1.77. The lowest BCUT2D eigenvalue weighted by molar-refractivity contribution is 0.865. The molecule has 0 atom stereocenters. The van der Waals surface area contributed by atoms with Crippen molar-refractivity contribution in [1.82, 2.24) is 14.9 Å². The number of nitrogens with zero attached hydrogens (tertiary/aromatic N) is 3. The van der Waals surface area contributed by atoms with Gasteiger partial charge in [0.2, 0.25) is 4.77 Å². The molecule has 0 saturated carbocycles. The van der Waals surface area contributed by atoms with Gasteiger partial charge in [-0.25, -0.2) is 5.10 Å². The number of nitrogens with one attached hydrogen (secondary N) is 1. The Morgan fingerprint density at radius 3 is 2.42 bits per heavy atom. The van der Waals surface area contributed by atoms with Gasteiger partial charge < -0.3 is 0 Å². The molecule has 0 bridgehead atoms. The molecule has 0 spiro atoms. The van der Waals surface area contributed by atoms with Crippen molar-refractivity contribution in [2.45, 2.75) is 19.8 Å². The topological polar surface area (TPSA) is 46.0 Å². The Balaban J connectivity index is 1.91. The molecule has 0 amide bonds. The fourth-order valence-electron chi connectivity index (χ4n) is 2.28. The van der Waals surface area contributed by atoms with E-state index in [1.807, 2.05) is 36.4 Å². The minimum Gasteiger partial charge on any atom is -0.250 e. The van der Waals surface area contributed by atoms with Crippen LogP contribution in [-0.4, -0.2) is 21.1 Å². The molecule has 0 unspecified atom stereocenters. The van der Waals surface area contributed by atoms with Gasteiger partial charge >= 0.3 is 0 Å². The monoisotopic (exact) mass is 356 g/mol. The molecule has 0 aliphatic heterocycles. The number of benzene rings is 2. The predicted molar refractivity (Wildman–Crippen MR) is 101 cm³/mol. The van der Waals surface area contributed by atoms with Gasteiger partial charge in [0.25, 0.3) is 0 Å². The molecule has 6 heteroatoms. The molecule has 3 aromatic rings. The summed E-state index contributed by atoms with van der Waals surface area (Å²) in [6.45, 7) is 4.35. The lowest BCUT2D eigenvalue weighted by atomic mass is 10.0. The molecule has 122 valence electrons. The Bertz CT molecular complexity index is 905. The average Bonchev–Trinajstić information content (AvgIpc) is 2.95. The van der Waals surface area contributed by atoms with E-state index in [1.165, 1.54) is 5.56 Å². The molecular weight excluding hydrogens is 340 g/mol. The van der Waals surface area contributed by atoms with E-state index < -0.39 is 0 Å². The molecule has 0 aliphatic carbocycles. The predicted octanol–water partition coefficient (Wildman–Crippen LogP) is 5.27. The molecule has 2 aromatic carbocycles. The van der Waals surface area contributed by atoms with Crippen LogP contribution in [0, 0.1) is 4.77 Å². The molecule has 24 heavy (non-hydrogen) atoms. The number of rotatable bonds is 4. The van der Waals surface area contributed by atoms with Gasteiger partial charge in [-0.2, -0.15) is 14.9 Å². The molecule has 3 rings (SSSR count). The van der Waals surface area contributed by atoms with Gasteiger partial charge in [-0.1, -0.05) is 49.7 Å². The summed E-state index contributed by atoms with van der Waals surface area (Å²) in [5.74, 6) is 1.15. The summed E-state index contributed by atoms with van der Waals surface area (Å²) < 4.78 is 2.05. The third kappa shape index (κ3) is 3.63. The average molecular weight is 357 g/mol. The van der Waals surface area contributed by atoms with E-state index in [0.717, 1.165) is 11.1 Å². The van der Waals surface area contributed by atoms with Crippen LogP contribution in [0.1, 0.15) is 30.9 Å². The molecule has 1 aromatic heterocycles. The van der Waals surface area contributed by atoms with Crippen LogP contribution in [0.5, 0.6) is 0 Å². The zero-order chi connectivity index (χ0) is 17.1. The van der Waals surface area contributed by atoms with Crippen molar-refractivity contribution in [3.05, 3.63) is 69.5 Å². The largest absolute Gasteiger partial charge is 0.250 e. The summed E-state index contributed by atoms with van der Waals surface area (Å²) in [7, 11) is 0. The molecule has 0 fully saturated rings. The number of aromatic amines is 1. The standard InChI is InChI=1S/C18H17ClN4S/c1-12(2)14-5-3-13(4-6-14)11-20-23-17(21-22-18(23)24)15-7-9-16(19)10-8-15/h3-12H,1-2H3,(H,22,24). The lowest BCUT2D eigenvalue weighted by Crippen LogP contribution is -1.95. The Morgan fingerprint density at radius 1 is 1.12 bits per heavy atom. The normalized spacial score (nSPS) is 11.5. The second-order valence-electron chi connectivity index (χ2n) is 5.74. The zero-order valence-corrected chi connectivity index (χ0v) is 15.0. The van der Waals surface area contributed by atoms with E-state index in [9.17, 15) is 0 Å². The lowest BCUT2D eigenvalue weighted by Gasteiger charge is -2.04. The van der Waals surface area contributed by atoms with Crippen LogP contribution >= 0.6 is 23.8 Å². The fourth-order valence-corrected chi connectivity index (χ4v) is 2.58. The van der Waals surface area contributed by atoms with Gasteiger partial charge in [0.15, 0.2) is 5.82 Å². The molecular formula is C18H17ClN4S. The number of hydrogen-bond donors (Lipinski definition) is 1. The van der Waals surface area contributed by atoms with Crippen LogP contribution in [0.2, 0.25) is 5.02 Å². The first-order valence-electron chi connectivity index (χ1n) is 7.62. The molecule has 4 nitrogen and oxygen atoms in total. The van der Waals surface area contributed by atoms with Crippen molar-refractivity contribution in [2.75, 3.05) is 0 Å². The number of aromatic nitrogens is 3. The van der Waals surface area contributed by atoms with E-state index >= 15 is 0 Å². The zero-order valence-electron chi connectivity index (χ0n) is 13.4. The van der Waals surface area contributed by atoms with E-state index in [4.69, 9.17) is 23.8 Å². The SMILES string of the molecule is CC(C)c1ccc(C=Nn2c(-c3ccc(Cl)cc3)n[nH]c2=S)cc1. The summed E-state index contributed by atoms with van der Waals surface area (Å²) in [5, 5.41) is 12.2. The van der Waals surface area contributed by atoms with E-state index in [-0.39, 0.29) is 0 Å². The van der Waals surface area contributed by atoms with Crippen molar-refractivity contribution in [3.8, 4) is 11.4 Å². The first-order chi connectivity index (χ1) is 11.5. The van der Waals surface area contributed by atoms with Gasteiger partial charge in [0.1, 0.15) is 0 Å². The second-order valence-corrected chi connectivity index (χ2v) is 6.56. The van der Waals surface area contributed by atoms with Crippen LogP contribution in [-0.2, 0) is 0 Å². The third-order valence-corrected chi connectivity index (χ3v) is 4.19. The smallest absolute Gasteiger partial charge is 0.216 e. The van der Waals surface area contributed by atoms with Gasteiger partial charge in [0.05, 0.1) is 6.21 Å². The highest BCUT2D eigenvalue weighted by molar-refractivity contribution is 7.71. The van der Waals surface area contributed by atoms with Crippen LogP contribution in [0.25, 0.3) is 11.4 Å². The van der Waals surface area contributed by atoms with Gasteiger partial charge in [-0.05, 0) is 53.5 Å². The molecule has 0 aliphatic rings. The van der Waals surface area contributed by atoms with Crippen LogP contribution in [0.4, 0.5) is 0 Å². The van der Waals surface area contributed by atoms with Gasteiger partial charge in [-0.3, -0.25) is 0 Å². The Morgan fingerprint density at radius 2 is 1.79 bits per heavy atom. The maximum atomic E-state index is 5.94. The summed E-state index contributed by atoms with van der Waals surface area (Å²) in [6, 6.07) is 15.7. The Labute approximate surface area is 150 Å². The quantitative estimate of drug-likeness (QED) is 0.511.